The lowest BCUT2D eigenvalue weighted by Gasteiger charge is -2.35. The van der Waals surface area contributed by atoms with Gasteiger partial charge in [-0.25, -0.2) is 9.37 Å². The minimum Gasteiger partial charge on any atom is -0.441 e. The fourth-order valence-corrected chi connectivity index (χ4v) is 3.36. The molecule has 2 heterocycles. The number of aromatic nitrogens is 1. The Kier molecular flexibility index (Phi) is 5.42. The van der Waals surface area contributed by atoms with Gasteiger partial charge in [-0.05, 0) is 48.0 Å². The SMILES string of the molecule is Cc1ncc(-c2ccc(N3CCN(C(=O)/C=C\c4ccc(F)cc4)CC3)cc2)o1. The van der Waals surface area contributed by atoms with Crippen LogP contribution in [-0.2, 0) is 4.79 Å². The summed E-state index contributed by atoms with van der Waals surface area (Å²) in [6, 6.07) is 14.3. The zero-order valence-electron chi connectivity index (χ0n) is 16.2. The highest BCUT2D eigenvalue weighted by atomic mass is 19.1. The predicted molar refractivity (Wildman–Crippen MR) is 111 cm³/mol. The Labute approximate surface area is 169 Å². The maximum atomic E-state index is 13.0. The van der Waals surface area contributed by atoms with Crippen molar-refractivity contribution in [2.75, 3.05) is 31.1 Å². The molecular weight excluding hydrogens is 369 g/mol. The molecule has 148 valence electrons. The standard InChI is InChI=1S/C23H22FN3O2/c1-17-25-16-22(29-17)19-5-9-21(10-6-19)26-12-14-27(15-13-26)23(28)11-4-18-2-7-20(24)8-3-18/h2-11,16H,12-15H2,1H3/b11-4-. The van der Waals surface area contributed by atoms with Crippen molar-refractivity contribution in [3.8, 4) is 11.3 Å². The van der Waals surface area contributed by atoms with Crippen LogP contribution in [0.2, 0.25) is 0 Å². The van der Waals surface area contributed by atoms with Crippen LogP contribution in [0.1, 0.15) is 11.5 Å². The number of amides is 1. The largest absolute Gasteiger partial charge is 0.441 e. The maximum absolute atomic E-state index is 13.0. The molecule has 0 N–H and O–H groups in total. The number of benzene rings is 2. The van der Waals surface area contributed by atoms with Crippen LogP contribution >= 0.6 is 0 Å². The lowest BCUT2D eigenvalue weighted by Crippen LogP contribution is -2.48. The number of hydrogen-bond donors (Lipinski definition) is 0. The van der Waals surface area contributed by atoms with Gasteiger partial charge in [-0.1, -0.05) is 12.1 Å². The number of hydrogen-bond acceptors (Lipinski definition) is 4. The lowest BCUT2D eigenvalue weighted by atomic mass is 10.1. The second-order valence-electron chi connectivity index (χ2n) is 6.99. The van der Waals surface area contributed by atoms with Gasteiger partial charge in [0.25, 0.3) is 0 Å². The Hall–Kier alpha value is -3.41. The van der Waals surface area contributed by atoms with Gasteiger partial charge in [0.2, 0.25) is 5.91 Å². The summed E-state index contributed by atoms with van der Waals surface area (Å²) >= 11 is 0. The molecule has 6 heteroatoms. The molecule has 1 fully saturated rings. The predicted octanol–water partition coefficient (Wildman–Crippen LogP) is 4.15. The molecular formula is C23H22FN3O2. The first-order valence-electron chi connectivity index (χ1n) is 9.59. The number of halogens is 1. The molecule has 3 aromatic rings. The summed E-state index contributed by atoms with van der Waals surface area (Å²) in [5, 5.41) is 0. The van der Waals surface area contributed by atoms with Crippen LogP contribution < -0.4 is 4.90 Å². The molecule has 1 saturated heterocycles. The van der Waals surface area contributed by atoms with Crippen molar-refractivity contribution >= 4 is 17.7 Å². The average Bonchev–Trinajstić information content (AvgIpc) is 3.20. The Bertz CT molecular complexity index is 1000. The van der Waals surface area contributed by atoms with E-state index in [1.807, 2.05) is 24.0 Å². The molecule has 0 bridgehead atoms. The molecule has 5 nitrogen and oxygen atoms in total. The fourth-order valence-electron chi connectivity index (χ4n) is 3.36. The molecule has 1 aromatic heterocycles. The summed E-state index contributed by atoms with van der Waals surface area (Å²) < 4.78 is 18.5. The Morgan fingerprint density at radius 2 is 1.72 bits per heavy atom. The average molecular weight is 391 g/mol. The van der Waals surface area contributed by atoms with Gasteiger partial charge in [0.05, 0.1) is 6.20 Å². The molecule has 1 amide bonds. The van der Waals surface area contributed by atoms with Crippen molar-refractivity contribution in [2.24, 2.45) is 0 Å². The van der Waals surface area contributed by atoms with Crippen molar-refractivity contribution in [3.05, 3.63) is 78.1 Å². The van der Waals surface area contributed by atoms with E-state index in [0.717, 1.165) is 35.7 Å². The fraction of sp³-hybridized carbons (Fsp3) is 0.217. The van der Waals surface area contributed by atoms with Crippen LogP contribution in [0.3, 0.4) is 0 Å². The van der Waals surface area contributed by atoms with E-state index in [1.165, 1.54) is 12.1 Å². The second-order valence-corrected chi connectivity index (χ2v) is 6.99. The van der Waals surface area contributed by atoms with E-state index in [9.17, 15) is 9.18 Å². The lowest BCUT2D eigenvalue weighted by molar-refractivity contribution is -0.126. The van der Waals surface area contributed by atoms with Gasteiger partial charge in [-0.15, -0.1) is 0 Å². The number of aryl methyl sites for hydroxylation is 1. The molecule has 1 aliphatic heterocycles. The molecule has 0 aliphatic carbocycles. The van der Waals surface area contributed by atoms with Gasteiger partial charge in [-0.3, -0.25) is 4.79 Å². The molecule has 4 rings (SSSR count). The van der Waals surface area contributed by atoms with Gasteiger partial charge in [0.15, 0.2) is 11.7 Å². The van der Waals surface area contributed by atoms with Crippen LogP contribution in [0, 0.1) is 12.7 Å². The highest BCUT2D eigenvalue weighted by Gasteiger charge is 2.20. The topological polar surface area (TPSA) is 49.6 Å². The Morgan fingerprint density at radius 3 is 2.34 bits per heavy atom. The summed E-state index contributed by atoms with van der Waals surface area (Å²) in [6.45, 7) is 4.70. The van der Waals surface area contributed by atoms with E-state index < -0.39 is 0 Å². The van der Waals surface area contributed by atoms with Gasteiger partial charge >= 0.3 is 0 Å². The number of piperazine rings is 1. The zero-order valence-corrected chi connectivity index (χ0v) is 16.2. The summed E-state index contributed by atoms with van der Waals surface area (Å²) in [5.41, 5.74) is 2.92. The number of oxazole rings is 1. The van der Waals surface area contributed by atoms with E-state index >= 15 is 0 Å². The van der Waals surface area contributed by atoms with E-state index in [1.54, 1.807) is 30.5 Å². The van der Waals surface area contributed by atoms with Crippen molar-refractivity contribution in [1.29, 1.82) is 0 Å². The highest BCUT2D eigenvalue weighted by molar-refractivity contribution is 5.92. The Morgan fingerprint density at radius 1 is 1.03 bits per heavy atom. The normalized spacial score (nSPS) is 14.6. The summed E-state index contributed by atoms with van der Waals surface area (Å²) in [7, 11) is 0. The maximum Gasteiger partial charge on any atom is 0.246 e. The monoisotopic (exact) mass is 391 g/mol. The van der Waals surface area contributed by atoms with Crippen LogP contribution in [0.25, 0.3) is 17.4 Å². The van der Waals surface area contributed by atoms with Crippen LogP contribution in [-0.4, -0.2) is 42.0 Å². The third kappa shape index (κ3) is 4.54. The first-order valence-corrected chi connectivity index (χ1v) is 9.59. The third-order valence-corrected chi connectivity index (χ3v) is 5.02. The van der Waals surface area contributed by atoms with E-state index in [4.69, 9.17) is 4.42 Å². The number of rotatable bonds is 4. The first kappa shape index (κ1) is 18.9. The Balaban J connectivity index is 1.33. The first-order chi connectivity index (χ1) is 14.1. The summed E-state index contributed by atoms with van der Waals surface area (Å²) in [5.74, 6) is 1.11. The molecule has 0 unspecified atom stereocenters. The molecule has 0 atom stereocenters. The number of anilines is 1. The summed E-state index contributed by atoms with van der Waals surface area (Å²) in [6.07, 6.45) is 5.00. The number of carbonyl (C=O) groups excluding carboxylic acids is 1. The van der Waals surface area contributed by atoms with Crippen molar-refractivity contribution < 1.29 is 13.6 Å². The van der Waals surface area contributed by atoms with Gasteiger partial charge in [0, 0.05) is 50.4 Å². The van der Waals surface area contributed by atoms with E-state index in [2.05, 4.69) is 22.0 Å². The van der Waals surface area contributed by atoms with Crippen LogP contribution in [0.5, 0.6) is 0 Å². The quantitative estimate of drug-likeness (QED) is 0.627. The van der Waals surface area contributed by atoms with Crippen LogP contribution in [0.4, 0.5) is 10.1 Å². The molecule has 2 aromatic carbocycles. The zero-order chi connectivity index (χ0) is 20.2. The molecule has 0 radical (unpaired) electrons. The summed E-state index contributed by atoms with van der Waals surface area (Å²) in [4.78, 5) is 20.6. The molecule has 0 saturated carbocycles. The van der Waals surface area contributed by atoms with Gasteiger partial charge in [0.1, 0.15) is 5.82 Å². The van der Waals surface area contributed by atoms with E-state index in [0.29, 0.717) is 19.0 Å². The minimum atomic E-state index is -0.284. The second kappa shape index (κ2) is 8.31. The number of nitrogens with zero attached hydrogens (tertiary/aromatic N) is 3. The minimum absolute atomic E-state index is 0.0231. The van der Waals surface area contributed by atoms with Crippen molar-refractivity contribution in [3.63, 3.8) is 0 Å². The van der Waals surface area contributed by atoms with Crippen LogP contribution in [0.15, 0.2) is 65.2 Å². The highest BCUT2D eigenvalue weighted by Crippen LogP contribution is 2.24. The van der Waals surface area contributed by atoms with Crippen molar-refractivity contribution in [2.45, 2.75) is 6.92 Å². The molecule has 1 aliphatic rings. The van der Waals surface area contributed by atoms with Crippen molar-refractivity contribution in [1.82, 2.24) is 9.88 Å². The smallest absolute Gasteiger partial charge is 0.246 e. The van der Waals surface area contributed by atoms with Gasteiger partial charge in [-0.2, -0.15) is 0 Å². The van der Waals surface area contributed by atoms with E-state index in [-0.39, 0.29) is 11.7 Å². The third-order valence-electron chi connectivity index (χ3n) is 5.02. The van der Waals surface area contributed by atoms with Gasteiger partial charge < -0.3 is 14.2 Å². The number of carbonyl (C=O) groups is 1. The molecule has 29 heavy (non-hydrogen) atoms. The molecule has 0 spiro atoms.